The first kappa shape index (κ1) is 21.2. The van der Waals surface area contributed by atoms with E-state index in [2.05, 4.69) is 0 Å². The van der Waals surface area contributed by atoms with Gasteiger partial charge < -0.3 is 13.9 Å². The predicted molar refractivity (Wildman–Crippen MR) is 90.5 cm³/mol. The molecule has 0 aliphatic carbocycles. The van der Waals surface area contributed by atoms with Crippen LogP contribution >= 0.6 is 0 Å². The van der Waals surface area contributed by atoms with E-state index in [9.17, 15) is 13.2 Å². The number of unbranched alkanes of at least 4 members (excludes halogenated alkanes) is 2. The van der Waals surface area contributed by atoms with Gasteiger partial charge in [-0.25, -0.2) is 0 Å². The van der Waals surface area contributed by atoms with Crippen molar-refractivity contribution in [3.8, 4) is 0 Å². The third-order valence-electron chi connectivity index (χ3n) is 3.47. The summed E-state index contributed by atoms with van der Waals surface area (Å²) in [5, 5.41) is 0. The Balaban J connectivity index is 2.16. The average molecular weight is 364 g/mol. The minimum absolute atomic E-state index is 0.545. The Kier molecular flexibility index (Phi) is 10.2. The van der Waals surface area contributed by atoms with Crippen molar-refractivity contribution in [1.29, 1.82) is 0 Å². The summed E-state index contributed by atoms with van der Waals surface area (Å²) in [6.07, 6.45) is -0.698. The van der Waals surface area contributed by atoms with Gasteiger partial charge in [-0.15, -0.1) is 0 Å². The molecular formula is C17H27F3O3Si. The highest BCUT2D eigenvalue weighted by atomic mass is 28.2. The number of ether oxygens (including phenoxy) is 2. The molecule has 3 nitrogen and oxygen atoms in total. The molecule has 0 aliphatic rings. The number of hydrogen-bond donors (Lipinski definition) is 0. The minimum atomic E-state index is -4.27. The number of alkyl halides is 3. The Hall–Kier alpha value is -0.893. The van der Waals surface area contributed by atoms with Crippen LogP contribution in [0.5, 0.6) is 0 Å². The van der Waals surface area contributed by atoms with Gasteiger partial charge >= 0.3 is 6.18 Å². The maximum Gasteiger partial charge on any atom is 0.416 e. The van der Waals surface area contributed by atoms with Crippen LogP contribution in [0.1, 0.15) is 44.2 Å². The van der Waals surface area contributed by atoms with Crippen molar-refractivity contribution in [2.24, 2.45) is 0 Å². The summed E-state index contributed by atoms with van der Waals surface area (Å²) in [4.78, 5) is 0. The summed E-state index contributed by atoms with van der Waals surface area (Å²) < 4.78 is 54.1. The zero-order valence-electron chi connectivity index (χ0n) is 14.4. The topological polar surface area (TPSA) is 27.7 Å². The maximum absolute atomic E-state index is 12.6. The summed E-state index contributed by atoms with van der Waals surface area (Å²) in [5.41, 5.74) is 0.171. The number of benzene rings is 1. The van der Waals surface area contributed by atoms with Crippen molar-refractivity contribution in [3.63, 3.8) is 0 Å². The Labute approximate surface area is 144 Å². The first-order valence-electron chi connectivity index (χ1n) is 8.48. The van der Waals surface area contributed by atoms with Crippen molar-refractivity contribution < 1.29 is 27.1 Å². The zero-order valence-corrected chi connectivity index (χ0v) is 15.8. The molecule has 1 aromatic rings. The van der Waals surface area contributed by atoms with E-state index in [4.69, 9.17) is 13.9 Å². The molecule has 1 rings (SSSR count). The highest BCUT2D eigenvalue weighted by Gasteiger charge is 2.30. The minimum Gasteiger partial charge on any atom is -0.379 e. The number of hydrogen-bond acceptors (Lipinski definition) is 3. The molecule has 0 radical (unpaired) electrons. The van der Waals surface area contributed by atoms with Crippen LogP contribution in [0.3, 0.4) is 0 Å². The van der Waals surface area contributed by atoms with Gasteiger partial charge in [-0.2, -0.15) is 13.2 Å². The van der Waals surface area contributed by atoms with E-state index in [0.717, 1.165) is 36.9 Å². The number of aryl methyl sites for hydroxylation is 1. The van der Waals surface area contributed by atoms with Crippen LogP contribution in [-0.4, -0.2) is 29.5 Å². The third kappa shape index (κ3) is 8.82. The van der Waals surface area contributed by atoms with Gasteiger partial charge in [0, 0.05) is 13.2 Å². The van der Waals surface area contributed by atoms with Gasteiger partial charge in [-0.1, -0.05) is 31.0 Å². The van der Waals surface area contributed by atoms with E-state index in [1.54, 1.807) is 6.07 Å². The Morgan fingerprint density at radius 1 is 1.04 bits per heavy atom. The lowest BCUT2D eigenvalue weighted by Gasteiger charge is -2.17. The van der Waals surface area contributed by atoms with Crippen molar-refractivity contribution in [3.05, 3.63) is 35.4 Å². The second kappa shape index (κ2) is 11.6. The molecule has 0 aromatic heterocycles. The molecule has 138 valence electrons. The number of halogens is 3. The van der Waals surface area contributed by atoms with Crippen LogP contribution in [0.15, 0.2) is 24.3 Å². The predicted octanol–water partition coefficient (Wildman–Crippen LogP) is 4.29. The summed E-state index contributed by atoms with van der Waals surface area (Å²) >= 11 is 0. The van der Waals surface area contributed by atoms with E-state index in [1.165, 1.54) is 12.1 Å². The van der Waals surface area contributed by atoms with Gasteiger partial charge in [0.1, 0.15) is 0 Å². The van der Waals surface area contributed by atoms with Gasteiger partial charge in [-0.05, 0) is 44.4 Å². The van der Waals surface area contributed by atoms with E-state index >= 15 is 0 Å². The molecule has 0 bridgehead atoms. The molecule has 0 saturated heterocycles. The molecule has 0 spiro atoms. The lowest BCUT2D eigenvalue weighted by molar-refractivity contribution is -0.243. The maximum atomic E-state index is 12.6. The molecule has 0 fully saturated rings. The quantitative estimate of drug-likeness (QED) is 0.314. The van der Waals surface area contributed by atoms with E-state index in [-0.39, 0.29) is 0 Å². The van der Waals surface area contributed by atoms with Crippen molar-refractivity contribution in [2.75, 3.05) is 13.2 Å². The lowest BCUT2D eigenvalue weighted by atomic mass is 10.0. The van der Waals surface area contributed by atoms with Crippen molar-refractivity contribution in [1.82, 2.24) is 0 Å². The van der Waals surface area contributed by atoms with Gasteiger partial charge in [0.2, 0.25) is 0 Å². The van der Waals surface area contributed by atoms with Gasteiger partial charge in [0.25, 0.3) is 6.48 Å². The summed E-state index contributed by atoms with van der Waals surface area (Å²) in [5.74, 6) is 0. The molecule has 24 heavy (non-hydrogen) atoms. The molecular weight excluding hydrogens is 337 g/mol. The van der Waals surface area contributed by atoms with Crippen LogP contribution < -0.4 is 0 Å². The Morgan fingerprint density at radius 3 is 2.38 bits per heavy atom. The Bertz CT molecular complexity index is 449. The Morgan fingerprint density at radius 2 is 1.75 bits per heavy atom. The molecule has 0 unspecified atom stereocenters. The van der Waals surface area contributed by atoms with Crippen LogP contribution in [0, 0.1) is 0 Å². The van der Waals surface area contributed by atoms with E-state index in [1.807, 2.05) is 13.8 Å². The molecule has 0 N–H and O–H groups in total. The second-order valence-electron chi connectivity index (χ2n) is 5.43. The average Bonchev–Trinajstić information content (AvgIpc) is 2.54. The fourth-order valence-corrected chi connectivity index (χ4v) is 3.39. The third-order valence-corrected chi connectivity index (χ3v) is 4.77. The second-order valence-corrected chi connectivity index (χ2v) is 6.88. The molecule has 7 heteroatoms. The first-order chi connectivity index (χ1) is 11.5. The molecule has 0 saturated carbocycles. The van der Waals surface area contributed by atoms with Gasteiger partial charge in [0.15, 0.2) is 9.76 Å². The van der Waals surface area contributed by atoms with E-state index < -0.39 is 28.0 Å². The molecule has 1 aromatic carbocycles. The van der Waals surface area contributed by atoms with Crippen LogP contribution in [0.25, 0.3) is 0 Å². The number of rotatable bonds is 12. The fraction of sp³-hybridized carbons (Fsp3) is 0.647. The largest absolute Gasteiger partial charge is 0.416 e. The monoisotopic (exact) mass is 364 g/mol. The van der Waals surface area contributed by atoms with Crippen LogP contribution in [-0.2, 0) is 26.5 Å². The highest BCUT2D eigenvalue weighted by molar-refractivity contribution is 6.27. The first-order valence-corrected chi connectivity index (χ1v) is 10.1. The van der Waals surface area contributed by atoms with Gasteiger partial charge in [-0.3, -0.25) is 0 Å². The standard InChI is InChI=1S/C17H27F3O3Si/c1-3-21-16(22-4-2)23-24-12-7-5-6-9-14-10-8-11-15(13-14)17(18,19)20/h8,10-11,13,16H,3-7,9,12,24H2,1-2H3. The highest BCUT2D eigenvalue weighted by Crippen LogP contribution is 2.29. The van der Waals surface area contributed by atoms with Crippen LogP contribution in [0.2, 0.25) is 6.04 Å². The lowest BCUT2D eigenvalue weighted by Crippen LogP contribution is -2.22. The molecule has 0 atom stereocenters. The normalized spacial score (nSPS) is 12.6. The van der Waals surface area contributed by atoms with Crippen molar-refractivity contribution in [2.45, 2.75) is 58.2 Å². The summed E-state index contributed by atoms with van der Waals surface area (Å²) in [6.45, 7) is 4.35. The zero-order chi connectivity index (χ0) is 17.8. The molecule has 0 aliphatic heterocycles. The summed E-state index contributed by atoms with van der Waals surface area (Å²) in [7, 11) is -0.691. The van der Waals surface area contributed by atoms with Crippen molar-refractivity contribution >= 4 is 9.76 Å². The molecule has 0 heterocycles. The molecule has 0 amide bonds. The SMILES string of the molecule is CCOC(OCC)O[SiH2]CCCCCc1cccc(C(F)(F)F)c1. The smallest absolute Gasteiger partial charge is 0.379 e. The summed E-state index contributed by atoms with van der Waals surface area (Å²) in [6, 6.07) is 6.59. The van der Waals surface area contributed by atoms with E-state index in [0.29, 0.717) is 19.6 Å². The van der Waals surface area contributed by atoms with Crippen LogP contribution in [0.4, 0.5) is 13.2 Å². The van der Waals surface area contributed by atoms with Gasteiger partial charge in [0.05, 0.1) is 5.56 Å². The fourth-order valence-electron chi connectivity index (χ4n) is 2.28.